The van der Waals surface area contributed by atoms with E-state index in [9.17, 15) is 9.59 Å². The maximum absolute atomic E-state index is 13.9. The van der Waals surface area contributed by atoms with E-state index >= 15 is 0 Å². The van der Waals surface area contributed by atoms with Crippen LogP contribution in [-0.2, 0) is 13.2 Å². The van der Waals surface area contributed by atoms with Crippen LogP contribution in [0.1, 0.15) is 50.0 Å². The van der Waals surface area contributed by atoms with Crippen molar-refractivity contribution in [2.24, 2.45) is 0 Å². The summed E-state index contributed by atoms with van der Waals surface area (Å²) in [5.41, 5.74) is 5.18. The van der Waals surface area contributed by atoms with E-state index in [1.807, 2.05) is 92.7 Å². The van der Waals surface area contributed by atoms with Crippen molar-refractivity contribution in [3.05, 3.63) is 145 Å². The number of nitrogens with zero attached hydrogens (tertiary/aromatic N) is 1. The summed E-state index contributed by atoms with van der Waals surface area (Å²) in [6.45, 7) is 4.63. The van der Waals surface area contributed by atoms with Gasteiger partial charge in [-0.1, -0.05) is 83.9 Å². The number of carbonyl (C=O) groups excluding carboxylic acids is 1. The highest BCUT2D eigenvalue weighted by atomic mass is 35.5. The van der Waals surface area contributed by atoms with Gasteiger partial charge in [0.15, 0.2) is 5.43 Å². The summed E-state index contributed by atoms with van der Waals surface area (Å²) in [6, 6.07) is 28.2. The molecule has 0 spiro atoms. The van der Waals surface area contributed by atoms with Crippen LogP contribution in [0.25, 0.3) is 11.0 Å². The Hall–Kier alpha value is -4.35. The number of rotatable bonds is 6. The zero-order valence-corrected chi connectivity index (χ0v) is 22.4. The summed E-state index contributed by atoms with van der Waals surface area (Å²) in [5, 5.41) is 0.842. The molecule has 0 bridgehead atoms. The standard InChI is InChI=1S/C33H26ClNO4/c1-20-8-10-22(11-9-20)18-35-30(24-12-14-25(15-13-24)38-19-23-6-4-3-5-7-23)29-31(36)26-17-27(34)21(2)16-28(26)39-32(29)33(35)37/h3-17,30H,18-19H2,1-2H3. The summed E-state index contributed by atoms with van der Waals surface area (Å²) >= 11 is 6.36. The molecular weight excluding hydrogens is 510 g/mol. The van der Waals surface area contributed by atoms with Crippen LogP contribution in [0.15, 0.2) is 100 Å². The van der Waals surface area contributed by atoms with Gasteiger partial charge in [0.1, 0.15) is 17.9 Å². The molecule has 0 aliphatic carbocycles. The van der Waals surface area contributed by atoms with Crippen LogP contribution >= 0.6 is 11.6 Å². The molecular formula is C33H26ClNO4. The molecule has 5 aromatic rings. The average molecular weight is 536 g/mol. The fourth-order valence-corrected chi connectivity index (χ4v) is 5.19. The third kappa shape index (κ3) is 4.70. The average Bonchev–Trinajstić information content (AvgIpc) is 3.22. The molecule has 39 heavy (non-hydrogen) atoms. The van der Waals surface area contributed by atoms with Crippen LogP contribution in [0.3, 0.4) is 0 Å². The van der Waals surface area contributed by atoms with Gasteiger partial charge in [0.2, 0.25) is 5.76 Å². The summed E-state index contributed by atoms with van der Waals surface area (Å²) < 4.78 is 12.1. The number of aryl methyl sites for hydroxylation is 2. The first-order chi connectivity index (χ1) is 18.9. The van der Waals surface area contributed by atoms with Gasteiger partial charge >= 0.3 is 0 Å². The van der Waals surface area contributed by atoms with Gasteiger partial charge in [-0.05, 0) is 60.4 Å². The van der Waals surface area contributed by atoms with Crippen LogP contribution in [0, 0.1) is 13.8 Å². The SMILES string of the molecule is Cc1ccc(CN2C(=O)c3oc4cc(C)c(Cl)cc4c(=O)c3C2c2ccc(OCc3ccccc3)cc2)cc1. The molecule has 6 rings (SSSR count). The second kappa shape index (κ2) is 10.1. The number of benzene rings is 4. The molecule has 1 unspecified atom stereocenters. The van der Waals surface area contributed by atoms with Crippen LogP contribution in [0.2, 0.25) is 5.02 Å². The van der Waals surface area contributed by atoms with Gasteiger partial charge in [-0.15, -0.1) is 0 Å². The zero-order chi connectivity index (χ0) is 27.1. The van der Waals surface area contributed by atoms with Crippen molar-refractivity contribution in [3.63, 3.8) is 0 Å². The second-order valence-electron chi connectivity index (χ2n) is 9.94. The van der Waals surface area contributed by atoms with E-state index in [4.69, 9.17) is 20.8 Å². The van der Waals surface area contributed by atoms with Crippen LogP contribution < -0.4 is 10.2 Å². The fourth-order valence-electron chi connectivity index (χ4n) is 5.03. The lowest BCUT2D eigenvalue weighted by atomic mass is 9.98. The Bertz CT molecular complexity index is 1740. The lowest BCUT2D eigenvalue weighted by molar-refractivity contribution is 0.0714. The van der Waals surface area contributed by atoms with Crippen molar-refractivity contribution in [2.75, 3.05) is 0 Å². The summed E-state index contributed by atoms with van der Waals surface area (Å²) in [4.78, 5) is 29.3. The number of ether oxygens (including phenoxy) is 1. The van der Waals surface area contributed by atoms with Gasteiger partial charge < -0.3 is 14.1 Å². The molecule has 0 saturated carbocycles. The first kappa shape index (κ1) is 25.0. The van der Waals surface area contributed by atoms with Crippen molar-refractivity contribution >= 4 is 28.5 Å². The van der Waals surface area contributed by atoms with E-state index in [0.29, 0.717) is 40.5 Å². The summed E-state index contributed by atoms with van der Waals surface area (Å²) in [7, 11) is 0. The second-order valence-corrected chi connectivity index (χ2v) is 10.3. The Morgan fingerprint density at radius 3 is 2.31 bits per heavy atom. The van der Waals surface area contributed by atoms with Crippen LogP contribution in [-0.4, -0.2) is 10.8 Å². The number of hydrogen-bond acceptors (Lipinski definition) is 4. The molecule has 1 amide bonds. The van der Waals surface area contributed by atoms with Gasteiger partial charge in [-0.25, -0.2) is 0 Å². The largest absolute Gasteiger partial charge is 0.489 e. The Labute approximate surface area is 231 Å². The molecule has 4 aromatic carbocycles. The fraction of sp³-hybridized carbons (Fsp3) is 0.152. The lowest BCUT2D eigenvalue weighted by Crippen LogP contribution is -2.29. The van der Waals surface area contributed by atoms with Gasteiger partial charge in [-0.3, -0.25) is 9.59 Å². The molecule has 1 aromatic heterocycles. The van der Waals surface area contributed by atoms with E-state index in [2.05, 4.69) is 0 Å². The van der Waals surface area contributed by atoms with E-state index < -0.39 is 6.04 Å². The van der Waals surface area contributed by atoms with Crippen molar-refractivity contribution < 1.29 is 13.9 Å². The van der Waals surface area contributed by atoms with Gasteiger partial charge in [-0.2, -0.15) is 0 Å². The Morgan fingerprint density at radius 2 is 1.59 bits per heavy atom. The third-order valence-electron chi connectivity index (χ3n) is 7.16. The summed E-state index contributed by atoms with van der Waals surface area (Å²) in [5.74, 6) is 0.465. The Morgan fingerprint density at radius 1 is 0.872 bits per heavy atom. The maximum atomic E-state index is 13.9. The van der Waals surface area contributed by atoms with Gasteiger partial charge in [0.25, 0.3) is 5.91 Å². The smallest absolute Gasteiger partial charge is 0.291 e. The molecule has 6 heteroatoms. The van der Waals surface area contributed by atoms with Crippen molar-refractivity contribution in [1.29, 1.82) is 0 Å². The molecule has 0 fully saturated rings. The minimum Gasteiger partial charge on any atom is -0.489 e. The first-order valence-electron chi connectivity index (χ1n) is 12.8. The van der Waals surface area contributed by atoms with Crippen molar-refractivity contribution in [1.82, 2.24) is 4.90 Å². The Balaban J connectivity index is 1.42. The predicted octanol–water partition coefficient (Wildman–Crippen LogP) is 7.39. The number of halogens is 1. The number of amides is 1. The predicted molar refractivity (Wildman–Crippen MR) is 152 cm³/mol. The lowest BCUT2D eigenvalue weighted by Gasteiger charge is -2.25. The van der Waals surface area contributed by atoms with E-state index in [1.165, 1.54) is 0 Å². The quantitative estimate of drug-likeness (QED) is 0.227. The highest BCUT2D eigenvalue weighted by molar-refractivity contribution is 6.32. The molecule has 0 N–H and O–H groups in total. The monoisotopic (exact) mass is 535 g/mol. The van der Waals surface area contributed by atoms with E-state index in [0.717, 1.165) is 27.8 Å². The third-order valence-corrected chi connectivity index (χ3v) is 7.57. The van der Waals surface area contributed by atoms with Crippen LogP contribution in [0.5, 0.6) is 5.75 Å². The van der Waals surface area contributed by atoms with Crippen molar-refractivity contribution in [2.45, 2.75) is 33.0 Å². The number of carbonyl (C=O) groups is 1. The molecule has 0 radical (unpaired) electrons. The van der Waals surface area contributed by atoms with Gasteiger partial charge in [0.05, 0.1) is 17.0 Å². The molecule has 2 heterocycles. The molecule has 0 saturated heterocycles. The van der Waals surface area contributed by atoms with E-state index in [-0.39, 0.29) is 17.1 Å². The van der Waals surface area contributed by atoms with E-state index in [1.54, 1.807) is 17.0 Å². The highest BCUT2D eigenvalue weighted by Gasteiger charge is 2.42. The minimum absolute atomic E-state index is 0.0794. The molecule has 1 aliphatic heterocycles. The topological polar surface area (TPSA) is 59.8 Å². The zero-order valence-electron chi connectivity index (χ0n) is 21.6. The molecule has 5 nitrogen and oxygen atoms in total. The van der Waals surface area contributed by atoms with Crippen molar-refractivity contribution in [3.8, 4) is 5.75 Å². The maximum Gasteiger partial charge on any atom is 0.291 e. The Kier molecular flexibility index (Phi) is 6.45. The van der Waals surface area contributed by atoms with Crippen LogP contribution in [0.4, 0.5) is 0 Å². The number of hydrogen-bond donors (Lipinski definition) is 0. The van der Waals surface area contributed by atoms with Gasteiger partial charge in [0, 0.05) is 11.6 Å². The summed E-state index contributed by atoms with van der Waals surface area (Å²) in [6.07, 6.45) is 0. The first-order valence-corrected chi connectivity index (χ1v) is 13.2. The number of fused-ring (bicyclic) bond motifs is 2. The highest BCUT2D eigenvalue weighted by Crippen LogP contribution is 2.40. The minimum atomic E-state index is -0.613. The molecule has 1 aliphatic rings. The molecule has 1 atom stereocenters. The molecule has 194 valence electrons. The normalized spacial score (nSPS) is 14.6.